The van der Waals surface area contributed by atoms with Crippen molar-refractivity contribution >= 4 is 33.0 Å². The number of hydrogen-bond donors (Lipinski definition) is 1. The zero-order valence-electron chi connectivity index (χ0n) is 16.0. The van der Waals surface area contributed by atoms with Crippen LogP contribution in [0.2, 0.25) is 0 Å². The summed E-state index contributed by atoms with van der Waals surface area (Å²) in [4.78, 5) is 8.46. The predicted molar refractivity (Wildman–Crippen MR) is 99.8 cm³/mol. The Morgan fingerprint density at radius 2 is 1.58 bits per heavy atom. The molecule has 1 aromatic carbocycles. The lowest BCUT2D eigenvalue weighted by Gasteiger charge is -2.22. The molecule has 0 bridgehead atoms. The van der Waals surface area contributed by atoms with Gasteiger partial charge in [-0.05, 0) is 32.0 Å². The van der Waals surface area contributed by atoms with Gasteiger partial charge in [0.05, 0.1) is 11.3 Å². The summed E-state index contributed by atoms with van der Waals surface area (Å²) in [7, 11) is -5.76. The average Bonchev–Trinajstić information content (AvgIpc) is 2.67. The van der Waals surface area contributed by atoms with Gasteiger partial charge in [-0.25, -0.2) is 9.97 Å². The van der Waals surface area contributed by atoms with Gasteiger partial charge in [-0.15, -0.1) is 10.2 Å². The highest BCUT2D eigenvalue weighted by Crippen LogP contribution is 2.35. The topological polar surface area (TPSA) is 99.9 Å². The van der Waals surface area contributed by atoms with Gasteiger partial charge in [0.25, 0.3) is 5.95 Å². The van der Waals surface area contributed by atoms with Crippen LogP contribution in [0.25, 0.3) is 0 Å². The minimum absolute atomic E-state index is 0.327. The first-order valence-corrected chi connectivity index (χ1v) is 10.1. The van der Waals surface area contributed by atoms with Gasteiger partial charge in [0, 0.05) is 31.2 Å². The van der Waals surface area contributed by atoms with Gasteiger partial charge in [-0.2, -0.15) is 34.8 Å². The molecule has 8 nitrogen and oxygen atoms in total. The lowest BCUT2D eigenvalue weighted by molar-refractivity contribution is -0.138. The molecular formula is C16H16F6N6O2S. The SMILES string of the molecule is CCN(CC)c1ccc(N=Nc2ncc(C(F)(F)F)cn2)c(NS(=O)(=O)C(F)(F)F)c1. The van der Waals surface area contributed by atoms with Crippen LogP contribution in [0.5, 0.6) is 0 Å². The second-order valence-corrected chi connectivity index (χ2v) is 7.57. The van der Waals surface area contributed by atoms with Crippen molar-refractivity contribution in [2.24, 2.45) is 10.2 Å². The van der Waals surface area contributed by atoms with Gasteiger partial charge < -0.3 is 4.90 Å². The van der Waals surface area contributed by atoms with Crippen LogP contribution in [0.4, 0.5) is 49.4 Å². The third-order valence-corrected chi connectivity index (χ3v) is 4.97. The van der Waals surface area contributed by atoms with Crippen molar-refractivity contribution in [1.82, 2.24) is 9.97 Å². The molecule has 170 valence electrons. The summed E-state index contributed by atoms with van der Waals surface area (Å²) < 4.78 is 101. The molecule has 31 heavy (non-hydrogen) atoms. The molecule has 0 radical (unpaired) electrons. The lowest BCUT2D eigenvalue weighted by Crippen LogP contribution is -2.30. The Morgan fingerprint density at radius 1 is 1.00 bits per heavy atom. The minimum Gasteiger partial charge on any atom is -0.372 e. The largest absolute Gasteiger partial charge is 0.516 e. The number of rotatable bonds is 7. The van der Waals surface area contributed by atoms with Crippen LogP contribution in [0, 0.1) is 0 Å². The number of sulfonamides is 1. The van der Waals surface area contributed by atoms with E-state index in [1.165, 1.54) is 16.9 Å². The molecule has 0 unspecified atom stereocenters. The van der Waals surface area contributed by atoms with Crippen LogP contribution >= 0.6 is 0 Å². The fraction of sp³-hybridized carbons (Fsp3) is 0.375. The molecule has 1 N–H and O–H groups in total. The van der Waals surface area contributed by atoms with E-state index in [-0.39, 0.29) is 5.69 Å². The monoisotopic (exact) mass is 470 g/mol. The van der Waals surface area contributed by atoms with Crippen LogP contribution in [0.3, 0.4) is 0 Å². The Labute approximate surface area is 173 Å². The van der Waals surface area contributed by atoms with E-state index >= 15 is 0 Å². The molecule has 2 aromatic rings. The molecule has 0 aliphatic rings. The van der Waals surface area contributed by atoms with Crippen molar-refractivity contribution < 1.29 is 34.8 Å². The third-order valence-electron chi connectivity index (χ3n) is 3.87. The number of nitrogens with one attached hydrogen (secondary N) is 1. The molecule has 15 heteroatoms. The average molecular weight is 470 g/mol. The number of alkyl halides is 6. The molecular weight excluding hydrogens is 454 g/mol. The van der Waals surface area contributed by atoms with E-state index in [0.717, 1.165) is 6.07 Å². The normalized spacial score (nSPS) is 12.9. The maximum absolute atomic E-state index is 12.8. The standard InChI is InChI=1S/C16H16F6N6O2S/c1-3-28(4-2)11-5-6-12(13(7-11)27-31(29,30)16(20,21)22)25-26-14-23-8-10(9-24-14)15(17,18)19/h5-9,27H,3-4H2,1-2H3. The first-order chi connectivity index (χ1) is 14.3. The molecule has 0 aliphatic carbocycles. The maximum Gasteiger partial charge on any atom is 0.516 e. The Bertz CT molecular complexity index is 1030. The van der Waals surface area contributed by atoms with Crippen molar-refractivity contribution in [3.05, 3.63) is 36.2 Å². The minimum atomic E-state index is -5.76. The number of hydrogen-bond acceptors (Lipinski definition) is 7. The fourth-order valence-corrected chi connectivity index (χ4v) is 2.87. The first-order valence-electron chi connectivity index (χ1n) is 8.57. The van der Waals surface area contributed by atoms with E-state index < -0.39 is 38.9 Å². The summed E-state index contributed by atoms with van der Waals surface area (Å²) in [6.07, 6.45) is -3.75. The summed E-state index contributed by atoms with van der Waals surface area (Å²) in [5.74, 6) is -0.509. The highest BCUT2D eigenvalue weighted by atomic mass is 32.2. The van der Waals surface area contributed by atoms with E-state index in [1.54, 1.807) is 18.7 Å². The van der Waals surface area contributed by atoms with Gasteiger partial charge in [0.1, 0.15) is 5.69 Å². The van der Waals surface area contributed by atoms with Crippen LogP contribution in [-0.2, 0) is 16.2 Å². The van der Waals surface area contributed by atoms with E-state index in [9.17, 15) is 34.8 Å². The van der Waals surface area contributed by atoms with Crippen molar-refractivity contribution in [3.63, 3.8) is 0 Å². The molecule has 0 saturated carbocycles. The Kier molecular flexibility index (Phi) is 7.08. The summed E-state index contributed by atoms with van der Waals surface area (Å²) >= 11 is 0. The number of nitrogens with zero attached hydrogens (tertiary/aromatic N) is 5. The number of anilines is 2. The van der Waals surface area contributed by atoms with E-state index in [4.69, 9.17) is 0 Å². The highest BCUT2D eigenvalue weighted by molar-refractivity contribution is 7.93. The third kappa shape index (κ3) is 6.02. The molecule has 1 aromatic heterocycles. The second-order valence-electron chi connectivity index (χ2n) is 5.89. The van der Waals surface area contributed by atoms with Crippen molar-refractivity contribution in [2.75, 3.05) is 22.7 Å². The molecule has 0 amide bonds. The number of azo groups is 1. The van der Waals surface area contributed by atoms with Crippen LogP contribution in [0.1, 0.15) is 19.4 Å². The summed E-state index contributed by atoms with van der Waals surface area (Å²) in [6.45, 7) is 4.56. The number of benzene rings is 1. The van der Waals surface area contributed by atoms with E-state index in [0.29, 0.717) is 31.2 Å². The Hall–Kier alpha value is -2.97. The summed E-state index contributed by atoms with van der Waals surface area (Å²) in [5, 5.41) is 7.07. The predicted octanol–water partition coefficient (Wildman–Crippen LogP) is 5.02. The van der Waals surface area contributed by atoms with Crippen molar-refractivity contribution in [2.45, 2.75) is 25.5 Å². The van der Waals surface area contributed by atoms with Gasteiger partial charge >= 0.3 is 21.7 Å². The lowest BCUT2D eigenvalue weighted by atomic mass is 10.2. The highest BCUT2D eigenvalue weighted by Gasteiger charge is 2.46. The van der Waals surface area contributed by atoms with Gasteiger partial charge in [0.2, 0.25) is 0 Å². The Morgan fingerprint density at radius 3 is 2.06 bits per heavy atom. The molecule has 0 fully saturated rings. The van der Waals surface area contributed by atoms with Gasteiger partial charge in [-0.1, -0.05) is 0 Å². The Balaban J connectivity index is 2.44. The molecule has 0 spiro atoms. The maximum atomic E-state index is 12.8. The summed E-state index contributed by atoms with van der Waals surface area (Å²) in [6, 6.07) is 3.81. The molecule has 0 aliphatic heterocycles. The van der Waals surface area contributed by atoms with E-state index in [2.05, 4.69) is 20.2 Å². The smallest absolute Gasteiger partial charge is 0.372 e. The van der Waals surface area contributed by atoms with Gasteiger partial charge in [-0.3, -0.25) is 4.72 Å². The quantitative estimate of drug-likeness (QED) is 0.453. The van der Waals surface area contributed by atoms with E-state index in [1.807, 2.05) is 0 Å². The van der Waals surface area contributed by atoms with Crippen LogP contribution < -0.4 is 9.62 Å². The van der Waals surface area contributed by atoms with Crippen molar-refractivity contribution in [3.8, 4) is 0 Å². The number of halogens is 6. The van der Waals surface area contributed by atoms with Gasteiger partial charge in [0.15, 0.2) is 0 Å². The fourth-order valence-electron chi connectivity index (χ4n) is 2.30. The number of aromatic nitrogens is 2. The zero-order chi connectivity index (χ0) is 23.4. The second kappa shape index (κ2) is 9.03. The van der Waals surface area contributed by atoms with Crippen molar-refractivity contribution in [1.29, 1.82) is 0 Å². The van der Waals surface area contributed by atoms with Crippen LogP contribution in [0.15, 0.2) is 40.8 Å². The summed E-state index contributed by atoms with van der Waals surface area (Å²) in [5.41, 5.74) is -7.16. The molecule has 1 heterocycles. The zero-order valence-corrected chi connectivity index (χ0v) is 16.8. The first kappa shape index (κ1) is 24.3. The molecule has 0 atom stereocenters. The van der Waals surface area contributed by atoms with Crippen LogP contribution in [-0.4, -0.2) is 37.0 Å². The molecule has 0 saturated heterocycles. The molecule has 2 rings (SSSR count).